The summed E-state index contributed by atoms with van der Waals surface area (Å²) in [6.07, 6.45) is -2.77. The summed E-state index contributed by atoms with van der Waals surface area (Å²) in [5, 5.41) is 0.445. The second kappa shape index (κ2) is 10.7. The minimum Gasteiger partial charge on any atom is -0.392 e. The lowest BCUT2D eigenvalue weighted by molar-refractivity contribution is -0.143. The number of benzene rings is 2. The van der Waals surface area contributed by atoms with Crippen molar-refractivity contribution in [2.24, 2.45) is 0 Å². The number of amides is 1. The van der Waals surface area contributed by atoms with E-state index in [4.69, 9.17) is 21.1 Å². The fraction of sp³-hybridized carbons (Fsp3) is 0.346. The zero-order valence-electron chi connectivity index (χ0n) is 19.2. The Kier molecular flexibility index (Phi) is 7.72. The third kappa shape index (κ3) is 6.18. The predicted octanol–water partition coefficient (Wildman–Crippen LogP) is 6.88. The molecule has 1 aromatic heterocycles. The molecule has 9 heteroatoms. The second-order valence-electron chi connectivity index (χ2n) is 8.54. The van der Waals surface area contributed by atoms with Gasteiger partial charge in [0.2, 0.25) is 5.88 Å². The Labute approximate surface area is 207 Å². The molecule has 0 radical (unpaired) electrons. The van der Waals surface area contributed by atoms with E-state index < -0.39 is 18.0 Å². The highest BCUT2D eigenvalue weighted by atomic mass is 35.5. The third-order valence-corrected chi connectivity index (χ3v) is 6.23. The molecule has 2 aromatic carbocycles. The predicted molar refractivity (Wildman–Crippen MR) is 128 cm³/mol. The van der Waals surface area contributed by atoms with Crippen LogP contribution in [0, 0.1) is 0 Å². The lowest BCUT2D eigenvalue weighted by Crippen LogP contribution is -2.33. The first-order valence-electron chi connectivity index (χ1n) is 11.4. The van der Waals surface area contributed by atoms with E-state index in [2.05, 4.69) is 0 Å². The van der Waals surface area contributed by atoms with Gasteiger partial charge in [-0.05, 0) is 48.6 Å². The SMILES string of the molecule is CN(CCC1CCCO1)C(=O)Oc1c(-c2ccc(Cl)cc2)cc(C(F)(F)F)n1Cc1ccccc1. The van der Waals surface area contributed by atoms with Gasteiger partial charge in [0.15, 0.2) is 0 Å². The molecule has 1 saturated heterocycles. The van der Waals surface area contributed by atoms with Gasteiger partial charge in [0, 0.05) is 30.8 Å². The van der Waals surface area contributed by atoms with Crippen LogP contribution in [0.1, 0.15) is 30.5 Å². The maximum absolute atomic E-state index is 14.1. The van der Waals surface area contributed by atoms with Crippen molar-refractivity contribution in [2.45, 2.75) is 38.1 Å². The molecule has 1 aliphatic rings. The van der Waals surface area contributed by atoms with Gasteiger partial charge < -0.3 is 18.9 Å². The normalized spacial score (nSPS) is 15.9. The van der Waals surface area contributed by atoms with Crippen LogP contribution in [0.15, 0.2) is 60.7 Å². The molecule has 5 nitrogen and oxygen atoms in total. The van der Waals surface area contributed by atoms with E-state index in [-0.39, 0.29) is 24.1 Å². The fourth-order valence-electron chi connectivity index (χ4n) is 4.10. The number of halogens is 4. The first-order chi connectivity index (χ1) is 16.7. The van der Waals surface area contributed by atoms with Crippen molar-refractivity contribution in [3.05, 3.63) is 76.9 Å². The van der Waals surface area contributed by atoms with Crippen molar-refractivity contribution < 1.29 is 27.4 Å². The minimum atomic E-state index is -4.66. The molecule has 0 N–H and O–H groups in total. The lowest BCUT2D eigenvalue weighted by Gasteiger charge is -2.21. The van der Waals surface area contributed by atoms with Gasteiger partial charge >= 0.3 is 12.3 Å². The van der Waals surface area contributed by atoms with Crippen molar-refractivity contribution >= 4 is 17.7 Å². The molecule has 2 heterocycles. The third-order valence-electron chi connectivity index (χ3n) is 5.98. The monoisotopic (exact) mass is 506 g/mol. The largest absolute Gasteiger partial charge is 0.431 e. The second-order valence-corrected chi connectivity index (χ2v) is 8.97. The molecule has 1 aliphatic heterocycles. The number of carbonyl (C=O) groups excluding carboxylic acids is 1. The molecule has 0 saturated carbocycles. The van der Waals surface area contributed by atoms with Crippen molar-refractivity contribution in [2.75, 3.05) is 20.2 Å². The Morgan fingerprint density at radius 1 is 1.17 bits per heavy atom. The standard InChI is InChI=1S/C26H26ClF3N2O3/c1-31(14-13-21-8-5-15-34-21)25(33)35-24-22(19-9-11-20(27)12-10-19)16-23(26(28,29)30)32(24)17-18-6-3-2-4-7-18/h2-4,6-7,9-12,16,21H,5,8,13-15,17H2,1H3. The van der Waals surface area contributed by atoms with E-state index in [0.717, 1.165) is 23.5 Å². The summed E-state index contributed by atoms with van der Waals surface area (Å²) in [5.74, 6) is -0.169. The van der Waals surface area contributed by atoms with E-state index in [9.17, 15) is 18.0 Å². The molecule has 0 bridgehead atoms. The van der Waals surface area contributed by atoms with E-state index in [1.54, 1.807) is 61.6 Å². The molecule has 0 aliphatic carbocycles. The molecule has 4 rings (SSSR count). The highest BCUT2D eigenvalue weighted by molar-refractivity contribution is 6.30. The van der Waals surface area contributed by atoms with E-state index >= 15 is 0 Å². The highest BCUT2D eigenvalue weighted by Crippen LogP contribution is 2.41. The van der Waals surface area contributed by atoms with Gasteiger partial charge in [-0.2, -0.15) is 13.2 Å². The van der Waals surface area contributed by atoms with Crippen LogP contribution < -0.4 is 4.74 Å². The first kappa shape index (κ1) is 25.1. The summed E-state index contributed by atoms with van der Waals surface area (Å²) in [6.45, 7) is 0.952. The summed E-state index contributed by atoms with van der Waals surface area (Å²) in [6, 6.07) is 16.1. The van der Waals surface area contributed by atoms with Gasteiger partial charge in [-0.3, -0.25) is 0 Å². The molecular formula is C26H26ClF3N2O3. The van der Waals surface area contributed by atoms with Crippen molar-refractivity contribution in [3.8, 4) is 17.0 Å². The lowest BCUT2D eigenvalue weighted by atomic mass is 10.1. The fourth-order valence-corrected chi connectivity index (χ4v) is 4.22. The summed E-state index contributed by atoms with van der Waals surface area (Å²) in [4.78, 5) is 14.3. The van der Waals surface area contributed by atoms with Crippen molar-refractivity contribution in [1.82, 2.24) is 9.47 Å². The Bertz CT molecular complexity index is 1140. The van der Waals surface area contributed by atoms with Crippen LogP contribution in [0.25, 0.3) is 11.1 Å². The number of hydrogen-bond acceptors (Lipinski definition) is 3. The highest BCUT2D eigenvalue weighted by Gasteiger charge is 2.38. The van der Waals surface area contributed by atoms with Crippen LogP contribution in [-0.2, 0) is 17.5 Å². The van der Waals surface area contributed by atoms with Crippen molar-refractivity contribution in [1.29, 1.82) is 0 Å². The number of ether oxygens (including phenoxy) is 2. The smallest absolute Gasteiger partial charge is 0.392 e. The van der Waals surface area contributed by atoms with Crippen LogP contribution in [0.5, 0.6) is 5.88 Å². The average molecular weight is 507 g/mol. The molecule has 186 valence electrons. The maximum Gasteiger partial charge on any atom is 0.431 e. The summed E-state index contributed by atoms with van der Waals surface area (Å²) >= 11 is 5.98. The zero-order chi connectivity index (χ0) is 25.0. The molecule has 1 fully saturated rings. The molecule has 35 heavy (non-hydrogen) atoms. The number of alkyl halides is 3. The van der Waals surface area contributed by atoms with Gasteiger partial charge in [-0.25, -0.2) is 4.79 Å². The van der Waals surface area contributed by atoms with Crippen LogP contribution in [0.4, 0.5) is 18.0 Å². The quantitative estimate of drug-likeness (QED) is 0.351. The molecule has 1 atom stereocenters. The Morgan fingerprint density at radius 3 is 2.51 bits per heavy atom. The Morgan fingerprint density at radius 2 is 1.89 bits per heavy atom. The zero-order valence-corrected chi connectivity index (χ0v) is 20.0. The minimum absolute atomic E-state index is 0.0775. The van der Waals surface area contributed by atoms with Gasteiger partial charge in [-0.15, -0.1) is 0 Å². The van der Waals surface area contributed by atoms with Gasteiger partial charge in [0.25, 0.3) is 0 Å². The van der Waals surface area contributed by atoms with Crippen LogP contribution in [-0.4, -0.2) is 41.9 Å². The topological polar surface area (TPSA) is 43.7 Å². The number of aromatic nitrogens is 1. The molecule has 1 unspecified atom stereocenters. The van der Waals surface area contributed by atoms with Gasteiger partial charge in [0.1, 0.15) is 5.69 Å². The van der Waals surface area contributed by atoms with Crippen molar-refractivity contribution in [3.63, 3.8) is 0 Å². The maximum atomic E-state index is 14.1. The number of hydrogen-bond donors (Lipinski definition) is 0. The average Bonchev–Trinajstić information content (AvgIpc) is 3.47. The molecule has 3 aromatic rings. The Balaban J connectivity index is 1.70. The van der Waals surface area contributed by atoms with Gasteiger partial charge in [0.05, 0.1) is 12.6 Å². The van der Waals surface area contributed by atoms with Crippen LogP contribution >= 0.6 is 11.6 Å². The van der Waals surface area contributed by atoms with Crippen LogP contribution in [0.3, 0.4) is 0 Å². The number of carbonyl (C=O) groups is 1. The summed E-state index contributed by atoms with van der Waals surface area (Å²) < 4.78 is 54.6. The van der Waals surface area contributed by atoms with E-state index in [1.807, 2.05) is 0 Å². The summed E-state index contributed by atoms with van der Waals surface area (Å²) in [5.41, 5.74) is 0.346. The molecular weight excluding hydrogens is 481 g/mol. The van der Waals surface area contributed by atoms with Gasteiger partial charge in [-0.1, -0.05) is 54.1 Å². The summed E-state index contributed by atoms with van der Waals surface area (Å²) in [7, 11) is 1.56. The van der Waals surface area contributed by atoms with Crippen LogP contribution in [0.2, 0.25) is 5.02 Å². The Hall–Kier alpha value is -2.97. The first-order valence-corrected chi connectivity index (χ1v) is 11.8. The van der Waals surface area contributed by atoms with E-state index in [1.165, 1.54) is 4.90 Å². The number of rotatable bonds is 7. The van der Waals surface area contributed by atoms with E-state index in [0.29, 0.717) is 35.7 Å². The molecule has 1 amide bonds. The number of nitrogens with zero attached hydrogens (tertiary/aromatic N) is 2. The molecule has 0 spiro atoms.